The van der Waals surface area contributed by atoms with E-state index >= 15 is 0 Å². The first-order chi connectivity index (χ1) is 18.0. The number of piperidine rings is 1. The number of ether oxygens (including phenoxy) is 2. The van der Waals surface area contributed by atoms with E-state index in [2.05, 4.69) is 4.90 Å². The zero-order chi connectivity index (χ0) is 28.0. The predicted molar refractivity (Wildman–Crippen MR) is 146 cm³/mol. The van der Waals surface area contributed by atoms with Gasteiger partial charge in [0.05, 0.1) is 24.7 Å². The summed E-state index contributed by atoms with van der Waals surface area (Å²) in [5.41, 5.74) is 1.22. The first-order valence-corrected chi connectivity index (χ1v) is 14.9. The van der Waals surface area contributed by atoms with Gasteiger partial charge in [-0.2, -0.15) is 4.31 Å². The van der Waals surface area contributed by atoms with E-state index in [0.29, 0.717) is 23.4 Å². The van der Waals surface area contributed by atoms with Crippen LogP contribution in [0.5, 0.6) is 5.75 Å². The molecule has 2 amide bonds. The minimum Gasteiger partial charge on any atom is -0.497 e. The number of benzene rings is 1. The molecule has 214 valence electrons. The van der Waals surface area contributed by atoms with Crippen LogP contribution in [0.2, 0.25) is 0 Å². The number of likely N-dealkylation sites (tertiary alicyclic amines) is 2. The normalized spacial score (nSPS) is 19.6. The summed E-state index contributed by atoms with van der Waals surface area (Å²) in [6, 6.07) is 3.22. The van der Waals surface area contributed by atoms with Gasteiger partial charge in [-0.15, -0.1) is 0 Å². The molecule has 2 unspecified atom stereocenters. The summed E-state index contributed by atoms with van der Waals surface area (Å²) in [5, 5.41) is 0. The van der Waals surface area contributed by atoms with Crippen LogP contribution in [-0.4, -0.2) is 118 Å². The minimum absolute atomic E-state index is 0.0568. The van der Waals surface area contributed by atoms with Gasteiger partial charge >= 0.3 is 0 Å². The molecule has 38 heavy (non-hydrogen) atoms. The molecule has 2 atom stereocenters. The molecule has 0 aromatic heterocycles. The maximum atomic E-state index is 13.2. The van der Waals surface area contributed by atoms with Crippen LogP contribution in [0, 0.1) is 13.8 Å². The minimum atomic E-state index is -3.73. The van der Waals surface area contributed by atoms with Crippen LogP contribution in [0.4, 0.5) is 0 Å². The average molecular weight is 553 g/mol. The highest BCUT2D eigenvalue weighted by Gasteiger charge is 2.33. The summed E-state index contributed by atoms with van der Waals surface area (Å²) in [7, 11) is 1.08. The lowest BCUT2D eigenvalue weighted by atomic mass is 10.0. The van der Waals surface area contributed by atoms with Crippen LogP contribution in [0.15, 0.2) is 17.0 Å². The number of hydrogen-bond acceptors (Lipinski definition) is 7. The van der Waals surface area contributed by atoms with Crippen molar-refractivity contribution in [3.63, 3.8) is 0 Å². The Morgan fingerprint density at radius 3 is 2.32 bits per heavy atom. The van der Waals surface area contributed by atoms with Gasteiger partial charge < -0.3 is 19.3 Å². The first-order valence-electron chi connectivity index (χ1n) is 13.4. The number of carbonyl (C=O) groups is 2. The summed E-state index contributed by atoms with van der Waals surface area (Å²) in [5.74, 6) is 0.573. The number of amides is 2. The van der Waals surface area contributed by atoms with Gasteiger partial charge in [0.2, 0.25) is 21.8 Å². The summed E-state index contributed by atoms with van der Waals surface area (Å²) in [6.45, 7) is 8.72. The number of hydrogen-bond donors (Lipinski definition) is 0. The molecule has 2 heterocycles. The van der Waals surface area contributed by atoms with Gasteiger partial charge in [0, 0.05) is 39.8 Å². The van der Waals surface area contributed by atoms with Crippen molar-refractivity contribution in [2.24, 2.45) is 0 Å². The standard InChI is InChI=1S/C27H44N4O6S/c1-20-16-24(36-6)17-21(2)26(20)38(34,35)28(4)14-15-37-19-25(32)29(5)23-10-9-13-31(18-23)27(33)22(3)30-11-7-8-12-30/h16-17,22-23H,7-15,18-19H2,1-6H3. The van der Waals surface area contributed by atoms with E-state index in [1.54, 1.807) is 45.0 Å². The molecule has 0 N–H and O–H groups in total. The third-order valence-corrected chi connectivity index (χ3v) is 9.97. The Bertz CT molecular complexity index is 1070. The van der Waals surface area contributed by atoms with Crippen molar-refractivity contribution < 1.29 is 27.5 Å². The Morgan fingerprint density at radius 1 is 1.08 bits per heavy atom. The van der Waals surface area contributed by atoms with Crippen molar-refractivity contribution in [2.75, 3.05) is 67.1 Å². The molecule has 0 radical (unpaired) electrons. The average Bonchev–Trinajstić information content (AvgIpc) is 3.44. The van der Waals surface area contributed by atoms with Crippen molar-refractivity contribution >= 4 is 21.8 Å². The van der Waals surface area contributed by atoms with E-state index in [0.717, 1.165) is 45.3 Å². The molecule has 0 saturated carbocycles. The molecule has 1 aromatic rings. The molecule has 2 aliphatic rings. The van der Waals surface area contributed by atoms with E-state index < -0.39 is 10.0 Å². The Balaban J connectivity index is 1.47. The maximum absolute atomic E-state index is 13.2. The Kier molecular flexibility index (Phi) is 10.6. The molecule has 0 bridgehead atoms. The number of sulfonamides is 1. The van der Waals surface area contributed by atoms with Crippen LogP contribution in [-0.2, 0) is 24.3 Å². The molecule has 0 spiro atoms. The number of likely N-dealkylation sites (N-methyl/N-ethyl adjacent to an activating group) is 2. The lowest BCUT2D eigenvalue weighted by Gasteiger charge is -2.39. The Hall–Kier alpha value is -2.21. The highest BCUT2D eigenvalue weighted by molar-refractivity contribution is 7.89. The number of rotatable bonds is 11. The van der Waals surface area contributed by atoms with Gasteiger partial charge in [0.1, 0.15) is 12.4 Å². The van der Waals surface area contributed by atoms with E-state index in [1.165, 1.54) is 11.4 Å². The Labute approximate surface area is 227 Å². The molecule has 3 rings (SSSR count). The van der Waals surface area contributed by atoms with Crippen LogP contribution in [0.3, 0.4) is 0 Å². The van der Waals surface area contributed by atoms with Crippen LogP contribution < -0.4 is 4.74 Å². The largest absolute Gasteiger partial charge is 0.497 e. The second-order valence-electron chi connectivity index (χ2n) is 10.5. The molecule has 2 aliphatic heterocycles. The van der Waals surface area contributed by atoms with Crippen LogP contribution in [0.1, 0.15) is 43.7 Å². The fraction of sp³-hybridized carbons (Fsp3) is 0.704. The SMILES string of the molecule is COc1cc(C)c(S(=O)(=O)N(C)CCOCC(=O)N(C)C2CCCN(C(=O)C(C)N3CCCC3)C2)c(C)c1. The molecule has 0 aliphatic carbocycles. The van der Waals surface area contributed by atoms with Crippen molar-refractivity contribution in [3.8, 4) is 5.75 Å². The third-order valence-electron chi connectivity index (χ3n) is 7.81. The van der Waals surface area contributed by atoms with Crippen molar-refractivity contribution in [3.05, 3.63) is 23.3 Å². The molecule has 2 fully saturated rings. The number of aryl methyl sites for hydroxylation is 2. The smallest absolute Gasteiger partial charge is 0.248 e. The first kappa shape index (κ1) is 30.3. The number of nitrogens with zero attached hydrogens (tertiary/aromatic N) is 4. The second-order valence-corrected chi connectivity index (χ2v) is 12.5. The molecule has 11 heteroatoms. The van der Waals surface area contributed by atoms with Gasteiger partial charge in [-0.05, 0) is 82.8 Å². The van der Waals surface area contributed by atoms with Crippen molar-refractivity contribution in [2.45, 2.75) is 63.4 Å². The summed E-state index contributed by atoms with van der Waals surface area (Å²) in [4.78, 5) is 31.9. The zero-order valence-corrected chi connectivity index (χ0v) is 24.6. The fourth-order valence-electron chi connectivity index (χ4n) is 5.39. The monoisotopic (exact) mass is 552 g/mol. The van der Waals surface area contributed by atoms with E-state index in [1.807, 2.05) is 11.8 Å². The number of methoxy groups -OCH3 is 1. The molecule has 1 aromatic carbocycles. The van der Waals surface area contributed by atoms with Crippen LogP contribution in [0.25, 0.3) is 0 Å². The number of carbonyl (C=O) groups excluding carboxylic acids is 2. The fourth-order valence-corrected chi connectivity index (χ4v) is 6.95. The van der Waals surface area contributed by atoms with E-state index in [4.69, 9.17) is 9.47 Å². The summed E-state index contributed by atoms with van der Waals surface area (Å²) in [6.07, 6.45) is 3.97. The van der Waals surface area contributed by atoms with Gasteiger partial charge in [0.15, 0.2) is 0 Å². The van der Waals surface area contributed by atoms with Gasteiger partial charge in [-0.3, -0.25) is 14.5 Å². The zero-order valence-electron chi connectivity index (χ0n) is 23.7. The molecule has 2 saturated heterocycles. The van der Waals surface area contributed by atoms with E-state index in [9.17, 15) is 18.0 Å². The highest BCUT2D eigenvalue weighted by Crippen LogP contribution is 2.27. The lowest BCUT2D eigenvalue weighted by Crippen LogP contribution is -2.54. The van der Waals surface area contributed by atoms with Gasteiger partial charge in [-0.1, -0.05) is 0 Å². The second kappa shape index (κ2) is 13.2. The quantitative estimate of drug-likeness (QED) is 0.387. The van der Waals surface area contributed by atoms with Gasteiger partial charge in [0.25, 0.3) is 0 Å². The van der Waals surface area contributed by atoms with Gasteiger partial charge in [-0.25, -0.2) is 8.42 Å². The molecule has 10 nitrogen and oxygen atoms in total. The third kappa shape index (κ3) is 7.05. The molecular weight excluding hydrogens is 508 g/mol. The lowest BCUT2D eigenvalue weighted by molar-refractivity contribution is -0.143. The topological polar surface area (TPSA) is 99.7 Å². The molecular formula is C27H44N4O6S. The predicted octanol–water partition coefficient (Wildman–Crippen LogP) is 1.88. The van der Waals surface area contributed by atoms with Crippen molar-refractivity contribution in [1.82, 2.24) is 19.0 Å². The van der Waals surface area contributed by atoms with Crippen LogP contribution >= 0.6 is 0 Å². The Morgan fingerprint density at radius 2 is 1.71 bits per heavy atom. The highest BCUT2D eigenvalue weighted by atomic mass is 32.2. The summed E-state index contributed by atoms with van der Waals surface area (Å²) < 4.78 is 38.4. The summed E-state index contributed by atoms with van der Waals surface area (Å²) >= 11 is 0. The van der Waals surface area contributed by atoms with E-state index in [-0.39, 0.29) is 48.6 Å². The van der Waals surface area contributed by atoms with Crippen molar-refractivity contribution in [1.29, 1.82) is 0 Å². The maximum Gasteiger partial charge on any atom is 0.248 e.